The number of nitrogens with one attached hydrogen (secondary N) is 1. The lowest BCUT2D eigenvalue weighted by molar-refractivity contribution is -0.151. The Balaban J connectivity index is 3.01. The Kier molecular flexibility index (Phi) is 2.27. The molecule has 0 aromatic carbocycles. The number of hydrogen-bond acceptors (Lipinski definition) is 4. The van der Waals surface area contributed by atoms with E-state index in [9.17, 15) is 21.6 Å². The number of hydrogen-bond donors (Lipinski definition) is 1. The summed E-state index contributed by atoms with van der Waals surface area (Å²) in [5.74, 6) is -2.01. The Hall–Kier alpha value is -0.790. The molecule has 0 saturated heterocycles. The third-order valence-electron chi connectivity index (χ3n) is 1.56. The Morgan fingerprint density at radius 2 is 2.08 bits per heavy atom. The van der Waals surface area contributed by atoms with Gasteiger partial charge in [-0.2, -0.15) is 18.3 Å². The molecule has 0 radical (unpaired) electrons. The van der Waals surface area contributed by atoms with Crippen LogP contribution in [0.5, 0.6) is 0 Å². The van der Waals surface area contributed by atoms with Crippen LogP contribution >= 0.6 is 0 Å². The molecule has 0 aliphatic carbocycles. The van der Waals surface area contributed by atoms with Gasteiger partial charge >= 0.3 is 6.18 Å². The second-order valence-corrected chi connectivity index (χ2v) is 4.64. The zero-order valence-electron chi connectivity index (χ0n) is 6.59. The minimum absolute atomic E-state index is 0.508. The summed E-state index contributed by atoms with van der Waals surface area (Å²) in [6, 6.07) is 0. The predicted molar refractivity (Wildman–Crippen MR) is 39.8 cm³/mol. The molecule has 13 heavy (non-hydrogen) atoms. The van der Waals surface area contributed by atoms with Crippen LogP contribution in [0.15, 0.2) is 5.10 Å². The predicted octanol–water partition coefficient (Wildman–Crippen LogP) is 0.126. The number of alkyl halides is 3. The summed E-state index contributed by atoms with van der Waals surface area (Å²) in [4.78, 5) is 0. The number of halogens is 3. The molecular formula is C5H7F3N2O2S. The maximum atomic E-state index is 12.2. The first kappa shape index (κ1) is 10.3. The summed E-state index contributed by atoms with van der Waals surface area (Å²) < 4.78 is 58.1. The third-order valence-corrected chi connectivity index (χ3v) is 2.69. The zero-order valence-corrected chi connectivity index (χ0v) is 7.41. The molecule has 8 heteroatoms. The number of nitrogens with zero attached hydrogens (tertiary/aromatic N) is 1. The number of sulfone groups is 1. The molecule has 1 aliphatic rings. The van der Waals surface area contributed by atoms with Crippen molar-refractivity contribution in [3.63, 3.8) is 0 Å². The van der Waals surface area contributed by atoms with E-state index < -0.39 is 33.5 Å². The van der Waals surface area contributed by atoms with Gasteiger partial charge in [-0.1, -0.05) is 0 Å². The highest BCUT2D eigenvalue weighted by Gasteiger charge is 2.48. The Labute approximate surface area is 72.7 Å². The lowest BCUT2D eigenvalue weighted by Gasteiger charge is -2.13. The molecule has 76 valence electrons. The fourth-order valence-corrected chi connectivity index (χ4v) is 1.94. The van der Waals surface area contributed by atoms with Crippen LogP contribution in [0.2, 0.25) is 0 Å². The third kappa shape index (κ3) is 2.11. The van der Waals surface area contributed by atoms with Gasteiger partial charge in [0.2, 0.25) is 0 Å². The molecule has 0 bridgehead atoms. The maximum absolute atomic E-state index is 12.2. The van der Waals surface area contributed by atoms with Gasteiger partial charge in [0.1, 0.15) is 5.92 Å². The van der Waals surface area contributed by atoms with Crippen molar-refractivity contribution in [2.75, 3.05) is 12.8 Å². The zero-order chi connectivity index (χ0) is 10.3. The van der Waals surface area contributed by atoms with Crippen LogP contribution in [-0.4, -0.2) is 32.4 Å². The lowest BCUT2D eigenvalue weighted by Crippen LogP contribution is -2.35. The van der Waals surface area contributed by atoms with Crippen molar-refractivity contribution < 1.29 is 21.6 Å². The van der Waals surface area contributed by atoms with Crippen molar-refractivity contribution in [1.82, 2.24) is 5.43 Å². The van der Waals surface area contributed by atoms with E-state index in [1.165, 1.54) is 0 Å². The Morgan fingerprint density at radius 3 is 2.38 bits per heavy atom. The van der Waals surface area contributed by atoms with E-state index in [4.69, 9.17) is 0 Å². The van der Waals surface area contributed by atoms with E-state index in [1.54, 1.807) is 0 Å². The molecule has 1 atom stereocenters. The molecule has 0 aromatic heterocycles. The molecule has 1 aliphatic heterocycles. The van der Waals surface area contributed by atoms with Crippen LogP contribution in [0.3, 0.4) is 0 Å². The topological polar surface area (TPSA) is 58.5 Å². The highest BCUT2D eigenvalue weighted by atomic mass is 32.2. The van der Waals surface area contributed by atoms with Crippen molar-refractivity contribution in [1.29, 1.82) is 0 Å². The Morgan fingerprint density at radius 1 is 1.54 bits per heavy atom. The van der Waals surface area contributed by atoms with Crippen LogP contribution in [0.1, 0.15) is 0 Å². The van der Waals surface area contributed by atoms with Gasteiger partial charge in [0.05, 0.1) is 6.54 Å². The van der Waals surface area contributed by atoms with Gasteiger partial charge in [-0.25, -0.2) is 8.42 Å². The van der Waals surface area contributed by atoms with Crippen molar-refractivity contribution in [2.45, 2.75) is 6.18 Å². The maximum Gasteiger partial charge on any atom is 0.399 e. The largest absolute Gasteiger partial charge is 0.399 e. The van der Waals surface area contributed by atoms with E-state index in [0.29, 0.717) is 6.26 Å². The normalized spacial score (nSPS) is 24.0. The smallest absolute Gasteiger partial charge is 0.308 e. The van der Waals surface area contributed by atoms with Gasteiger partial charge in [0.15, 0.2) is 14.9 Å². The average molecular weight is 216 g/mol. The first-order chi connectivity index (χ1) is 5.73. The van der Waals surface area contributed by atoms with Crippen LogP contribution in [-0.2, 0) is 9.84 Å². The summed E-state index contributed by atoms with van der Waals surface area (Å²) in [5, 5.41) is 2.28. The molecular weight excluding hydrogens is 209 g/mol. The average Bonchev–Trinajstić information content (AvgIpc) is 2.27. The molecule has 1 rings (SSSR count). The van der Waals surface area contributed by atoms with Crippen molar-refractivity contribution in [2.24, 2.45) is 11.0 Å². The van der Waals surface area contributed by atoms with Crippen LogP contribution in [0.25, 0.3) is 0 Å². The Bertz CT molecular complexity index is 332. The molecule has 1 unspecified atom stereocenters. The second-order valence-electron chi connectivity index (χ2n) is 2.68. The highest BCUT2D eigenvalue weighted by Crippen LogP contribution is 2.30. The van der Waals surface area contributed by atoms with Crippen molar-refractivity contribution in [3.05, 3.63) is 0 Å². The molecule has 0 amide bonds. The molecule has 0 spiro atoms. The van der Waals surface area contributed by atoms with Gasteiger partial charge in [0, 0.05) is 6.26 Å². The van der Waals surface area contributed by atoms with Crippen molar-refractivity contribution in [3.8, 4) is 0 Å². The van der Waals surface area contributed by atoms with E-state index in [0.717, 1.165) is 0 Å². The fourth-order valence-electron chi connectivity index (χ4n) is 0.977. The molecule has 0 aromatic rings. The molecule has 0 saturated carbocycles. The van der Waals surface area contributed by atoms with Gasteiger partial charge < -0.3 is 5.43 Å². The molecule has 4 nitrogen and oxygen atoms in total. The van der Waals surface area contributed by atoms with Crippen LogP contribution in [0.4, 0.5) is 13.2 Å². The molecule has 1 N–H and O–H groups in total. The summed E-state index contributed by atoms with van der Waals surface area (Å²) >= 11 is 0. The van der Waals surface area contributed by atoms with Gasteiger partial charge in [-0.15, -0.1) is 0 Å². The van der Waals surface area contributed by atoms with Gasteiger partial charge in [-0.3, -0.25) is 0 Å². The monoisotopic (exact) mass is 216 g/mol. The first-order valence-electron chi connectivity index (χ1n) is 3.30. The van der Waals surface area contributed by atoms with E-state index in [2.05, 4.69) is 5.10 Å². The van der Waals surface area contributed by atoms with Crippen molar-refractivity contribution >= 4 is 14.9 Å². The lowest BCUT2D eigenvalue weighted by atomic mass is 10.2. The summed E-state index contributed by atoms with van der Waals surface area (Å²) in [6.07, 6.45) is -3.86. The van der Waals surface area contributed by atoms with Crippen LogP contribution in [0, 0.1) is 5.92 Å². The van der Waals surface area contributed by atoms with Crippen LogP contribution < -0.4 is 5.43 Å². The SMILES string of the molecule is CS(=O)(=O)C1=NNCC1C(F)(F)F. The summed E-state index contributed by atoms with van der Waals surface area (Å²) in [5.41, 5.74) is 2.02. The molecule has 1 heterocycles. The number of hydrazone groups is 1. The minimum atomic E-state index is -4.56. The van der Waals surface area contributed by atoms with E-state index in [1.807, 2.05) is 5.43 Å². The number of rotatable bonds is 0. The summed E-state index contributed by atoms with van der Waals surface area (Å²) in [7, 11) is -3.87. The van der Waals surface area contributed by atoms with Gasteiger partial charge in [-0.05, 0) is 0 Å². The quantitative estimate of drug-likeness (QED) is 0.626. The minimum Gasteiger partial charge on any atom is -0.308 e. The highest BCUT2D eigenvalue weighted by molar-refractivity contribution is 8.05. The second kappa shape index (κ2) is 2.86. The van der Waals surface area contributed by atoms with E-state index >= 15 is 0 Å². The fraction of sp³-hybridized carbons (Fsp3) is 0.800. The van der Waals surface area contributed by atoms with E-state index in [-0.39, 0.29) is 0 Å². The first-order valence-corrected chi connectivity index (χ1v) is 5.19. The summed E-state index contributed by atoms with van der Waals surface area (Å²) in [6.45, 7) is -0.508. The molecule has 0 fully saturated rings. The van der Waals surface area contributed by atoms with Gasteiger partial charge in [0.25, 0.3) is 0 Å². The standard InChI is InChI=1S/C5H7F3N2O2S/c1-13(11,12)4-3(2-9-10-4)5(6,7)8/h3,9H,2H2,1H3.